The number of nitrogens with one attached hydrogen (secondary N) is 1. The maximum Gasteiger partial charge on any atom is 0.270 e. The minimum atomic E-state index is -0.435. The van der Waals surface area contributed by atoms with E-state index in [1.165, 1.54) is 23.5 Å². The lowest BCUT2D eigenvalue weighted by molar-refractivity contribution is -0.384. The van der Waals surface area contributed by atoms with Crippen LogP contribution in [0.4, 0.5) is 10.8 Å². The summed E-state index contributed by atoms with van der Waals surface area (Å²) in [6.45, 7) is 0. The molecule has 0 spiro atoms. The van der Waals surface area contributed by atoms with Crippen LogP contribution in [0.3, 0.4) is 0 Å². The van der Waals surface area contributed by atoms with E-state index in [1.54, 1.807) is 6.07 Å². The lowest BCUT2D eigenvalue weighted by Gasteiger charge is -2.06. The van der Waals surface area contributed by atoms with Gasteiger partial charge in [-0.25, -0.2) is 4.98 Å². The largest absolute Gasteiger partial charge is 0.302 e. The van der Waals surface area contributed by atoms with E-state index in [0.29, 0.717) is 15.3 Å². The number of nitro groups is 1. The van der Waals surface area contributed by atoms with E-state index >= 15 is 0 Å². The van der Waals surface area contributed by atoms with Crippen LogP contribution in [-0.2, 0) is 4.79 Å². The molecule has 0 radical (unpaired) electrons. The maximum absolute atomic E-state index is 12.0. The van der Waals surface area contributed by atoms with E-state index in [2.05, 4.69) is 10.3 Å². The first kappa shape index (κ1) is 13.0. The van der Waals surface area contributed by atoms with Gasteiger partial charge in [0.25, 0.3) is 5.69 Å². The molecule has 0 saturated heterocycles. The Kier molecular flexibility index (Phi) is 3.35. The Hall–Kier alpha value is -2.02. The van der Waals surface area contributed by atoms with Crippen LogP contribution in [0.15, 0.2) is 18.2 Å². The lowest BCUT2D eigenvalue weighted by atomic mass is 10.1. The summed E-state index contributed by atoms with van der Waals surface area (Å²) in [5.41, 5.74) is 0.706. The standard InChI is InChI=1S/C13H13N3O3S/c17-12(8-3-1-2-4-8)15-13-14-10-6-5-9(16(18)19)7-11(10)20-13/h5-8H,1-4H2,(H,14,15,17). The second-order valence-electron chi connectivity index (χ2n) is 4.90. The minimum Gasteiger partial charge on any atom is -0.302 e. The van der Waals surface area contributed by atoms with Crippen molar-refractivity contribution in [1.82, 2.24) is 4.98 Å². The topological polar surface area (TPSA) is 85.1 Å². The number of carbonyl (C=O) groups excluding carboxylic acids is 1. The summed E-state index contributed by atoms with van der Waals surface area (Å²) in [7, 11) is 0. The number of non-ortho nitro benzene ring substituents is 1. The zero-order valence-electron chi connectivity index (χ0n) is 10.7. The van der Waals surface area contributed by atoms with Crippen LogP contribution in [0.25, 0.3) is 10.2 Å². The zero-order chi connectivity index (χ0) is 14.1. The third-order valence-electron chi connectivity index (χ3n) is 3.54. The van der Waals surface area contributed by atoms with Crippen molar-refractivity contribution >= 4 is 38.3 Å². The SMILES string of the molecule is O=C(Nc1nc2ccc([N+](=O)[O-])cc2s1)C1CCCC1. The van der Waals surface area contributed by atoms with Crippen LogP contribution in [0.5, 0.6) is 0 Å². The van der Waals surface area contributed by atoms with E-state index in [9.17, 15) is 14.9 Å². The van der Waals surface area contributed by atoms with Gasteiger partial charge in [-0.15, -0.1) is 0 Å². The molecular formula is C13H13N3O3S. The van der Waals surface area contributed by atoms with Crippen LogP contribution in [0, 0.1) is 16.0 Å². The van der Waals surface area contributed by atoms with E-state index in [0.717, 1.165) is 25.7 Å². The van der Waals surface area contributed by atoms with E-state index in [4.69, 9.17) is 0 Å². The monoisotopic (exact) mass is 291 g/mol. The highest BCUT2D eigenvalue weighted by Crippen LogP contribution is 2.31. The number of thiazole rings is 1. The number of hydrogen-bond acceptors (Lipinski definition) is 5. The first-order chi connectivity index (χ1) is 9.63. The van der Waals surface area contributed by atoms with Crippen molar-refractivity contribution in [2.24, 2.45) is 5.92 Å². The van der Waals surface area contributed by atoms with Gasteiger partial charge in [0.15, 0.2) is 5.13 Å². The summed E-state index contributed by atoms with van der Waals surface area (Å²) in [6.07, 6.45) is 4.07. The summed E-state index contributed by atoms with van der Waals surface area (Å²) in [5.74, 6) is 0.0902. The minimum absolute atomic E-state index is 0.0102. The molecule has 1 aromatic carbocycles. The molecule has 1 heterocycles. The third kappa shape index (κ3) is 2.49. The van der Waals surface area contributed by atoms with Gasteiger partial charge in [-0.2, -0.15) is 0 Å². The molecule has 1 aliphatic carbocycles. The predicted octanol–water partition coefficient (Wildman–Crippen LogP) is 3.33. The number of nitro benzene ring substituents is 1. The maximum atomic E-state index is 12.0. The average molecular weight is 291 g/mol. The van der Waals surface area contributed by atoms with Gasteiger partial charge >= 0.3 is 0 Å². The Labute approximate surface area is 119 Å². The molecule has 1 aromatic heterocycles. The molecule has 1 fully saturated rings. The molecule has 6 nitrogen and oxygen atoms in total. The van der Waals surface area contributed by atoms with Gasteiger partial charge in [-0.1, -0.05) is 24.2 Å². The molecule has 7 heteroatoms. The molecule has 0 bridgehead atoms. The Balaban J connectivity index is 1.81. The van der Waals surface area contributed by atoms with Crippen molar-refractivity contribution in [2.45, 2.75) is 25.7 Å². The molecule has 3 rings (SSSR count). The Bertz CT molecular complexity index is 677. The smallest absolute Gasteiger partial charge is 0.270 e. The van der Waals surface area contributed by atoms with Gasteiger partial charge in [-0.05, 0) is 18.9 Å². The molecule has 1 aliphatic rings. The van der Waals surface area contributed by atoms with Gasteiger partial charge in [0.05, 0.1) is 15.1 Å². The van der Waals surface area contributed by atoms with Crippen LogP contribution >= 0.6 is 11.3 Å². The molecule has 1 saturated carbocycles. The number of amides is 1. The second kappa shape index (κ2) is 5.16. The number of nitrogens with zero attached hydrogens (tertiary/aromatic N) is 2. The summed E-state index contributed by atoms with van der Waals surface area (Å²) < 4.78 is 0.709. The van der Waals surface area contributed by atoms with E-state index < -0.39 is 4.92 Å². The summed E-state index contributed by atoms with van der Waals surface area (Å²) in [4.78, 5) is 26.6. The first-order valence-electron chi connectivity index (χ1n) is 6.49. The van der Waals surface area contributed by atoms with Gasteiger partial charge in [0.2, 0.25) is 5.91 Å². The van der Waals surface area contributed by atoms with Crippen LogP contribution < -0.4 is 5.32 Å². The molecule has 104 valence electrons. The normalized spacial score (nSPS) is 15.6. The van der Waals surface area contributed by atoms with Gasteiger partial charge in [-0.3, -0.25) is 14.9 Å². The molecule has 2 aromatic rings. The molecule has 0 atom stereocenters. The van der Waals surface area contributed by atoms with Crippen LogP contribution in [0.2, 0.25) is 0 Å². The lowest BCUT2D eigenvalue weighted by Crippen LogP contribution is -2.19. The Morgan fingerprint density at radius 2 is 2.15 bits per heavy atom. The van der Waals surface area contributed by atoms with Crippen LogP contribution in [0.1, 0.15) is 25.7 Å². The Morgan fingerprint density at radius 3 is 2.85 bits per heavy atom. The quantitative estimate of drug-likeness (QED) is 0.694. The zero-order valence-corrected chi connectivity index (χ0v) is 11.5. The van der Waals surface area contributed by atoms with Gasteiger partial charge < -0.3 is 5.32 Å². The van der Waals surface area contributed by atoms with Gasteiger partial charge in [0.1, 0.15) is 0 Å². The summed E-state index contributed by atoms with van der Waals surface area (Å²) >= 11 is 1.27. The second-order valence-corrected chi connectivity index (χ2v) is 5.93. The number of fused-ring (bicyclic) bond motifs is 1. The summed E-state index contributed by atoms with van der Waals surface area (Å²) in [6, 6.07) is 4.51. The van der Waals surface area contributed by atoms with Crippen molar-refractivity contribution in [2.75, 3.05) is 5.32 Å². The summed E-state index contributed by atoms with van der Waals surface area (Å²) in [5, 5.41) is 14.1. The highest BCUT2D eigenvalue weighted by Gasteiger charge is 2.23. The Morgan fingerprint density at radius 1 is 1.40 bits per heavy atom. The number of anilines is 1. The average Bonchev–Trinajstić information content (AvgIpc) is 3.06. The number of aromatic nitrogens is 1. The third-order valence-corrected chi connectivity index (χ3v) is 4.47. The van der Waals surface area contributed by atoms with E-state index in [-0.39, 0.29) is 17.5 Å². The van der Waals surface area contributed by atoms with Crippen LogP contribution in [-0.4, -0.2) is 15.8 Å². The van der Waals surface area contributed by atoms with Crippen molar-refractivity contribution in [1.29, 1.82) is 0 Å². The fourth-order valence-electron chi connectivity index (χ4n) is 2.48. The predicted molar refractivity (Wildman–Crippen MR) is 76.9 cm³/mol. The highest BCUT2D eigenvalue weighted by atomic mass is 32.1. The fraction of sp³-hybridized carbons (Fsp3) is 0.385. The number of rotatable bonds is 3. The molecule has 1 amide bonds. The number of hydrogen-bond donors (Lipinski definition) is 1. The van der Waals surface area contributed by atoms with Crippen molar-refractivity contribution in [3.63, 3.8) is 0 Å². The highest BCUT2D eigenvalue weighted by molar-refractivity contribution is 7.22. The molecular weight excluding hydrogens is 278 g/mol. The van der Waals surface area contributed by atoms with Gasteiger partial charge in [0, 0.05) is 18.1 Å². The van der Waals surface area contributed by atoms with Crippen molar-refractivity contribution in [3.8, 4) is 0 Å². The fourth-order valence-corrected chi connectivity index (χ4v) is 3.38. The number of benzene rings is 1. The molecule has 20 heavy (non-hydrogen) atoms. The van der Waals surface area contributed by atoms with E-state index in [1.807, 2.05) is 0 Å². The molecule has 0 aliphatic heterocycles. The first-order valence-corrected chi connectivity index (χ1v) is 7.31. The molecule has 1 N–H and O–H groups in total. The number of carbonyl (C=O) groups is 1. The van der Waals surface area contributed by atoms with Crippen molar-refractivity contribution < 1.29 is 9.72 Å². The molecule has 0 unspecified atom stereocenters. The van der Waals surface area contributed by atoms with Crippen molar-refractivity contribution in [3.05, 3.63) is 28.3 Å².